The molecule has 0 bridgehead atoms. The summed E-state index contributed by atoms with van der Waals surface area (Å²) in [6.07, 6.45) is 1.90. The number of benzene rings is 2. The maximum absolute atomic E-state index is 14.1. The number of nitrogens with one attached hydrogen (secondary N) is 2. The van der Waals surface area contributed by atoms with Crippen LogP contribution in [0.25, 0.3) is 10.9 Å². The predicted molar refractivity (Wildman–Crippen MR) is 86.1 cm³/mol. The summed E-state index contributed by atoms with van der Waals surface area (Å²) >= 11 is 0. The van der Waals surface area contributed by atoms with Crippen molar-refractivity contribution in [3.8, 4) is 0 Å². The molecule has 0 atom stereocenters. The van der Waals surface area contributed by atoms with Crippen molar-refractivity contribution in [3.05, 3.63) is 70.0 Å². The van der Waals surface area contributed by atoms with Crippen LogP contribution in [0.5, 0.6) is 0 Å². The quantitative estimate of drug-likeness (QED) is 0.781. The second-order valence-electron chi connectivity index (χ2n) is 5.05. The van der Waals surface area contributed by atoms with Gasteiger partial charge >= 0.3 is 0 Å². The minimum absolute atomic E-state index is 0.0492. The zero-order chi connectivity index (χ0) is 16.4. The fourth-order valence-corrected chi connectivity index (χ4v) is 2.43. The molecule has 0 fully saturated rings. The van der Waals surface area contributed by atoms with Crippen molar-refractivity contribution in [2.45, 2.75) is 13.3 Å². The zero-order valence-electron chi connectivity index (χ0n) is 12.4. The van der Waals surface area contributed by atoms with Crippen LogP contribution < -0.4 is 10.9 Å². The van der Waals surface area contributed by atoms with Crippen LogP contribution in [0.3, 0.4) is 0 Å². The lowest BCUT2D eigenvalue weighted by atomic mass is 10.0. The number of anilines is 1. The lowest BCUT2D eigenvalue weighted by Crippen LogP contribution is -2.16. The van der Waals surface area contributed by atoms with E-state index in [-0.39, 0.29) is 22.1 Å². The maximum Gasteiger partial charge on any atom is 0.258 e. The summed E-state index contributed by atoms with van der Waals surface area (Å²) in [5.74, 6) is -1.06. The molecule has 23 heavy (non-hydrogen) atoms. The number of halogens is 1. The number of nitrogens with zero attached hydrogens (tertiary/aromatic N) is 1. The molecular formula is C17H14FN3O2. The molecule has 0 unspecified atom stereocenters. The molecule has 0 aliphatic rings. The van der Waals surface area contributed by atoms with Gasteiger partial charge in [-0.3, -0.25) is 9.59 Å². The van der Waals surface area contributed by atoms with E-state index in [2.05, 4.69) is 15.3 Å². The molecule has 1 heterocycles. The van der Waals surface area contributed by atoms with Crippen LogP contribution >= 0.6 is 0 Å². The molecule has 0 spiro atoms. The fraction of sp³-hybridized carbons (Fsp3) is 0.118. The Bertz CT molecular complexity index is 950. The van der Waals surface area contributed by atoms with Gasteiger partial charge in [-0.2, -0.15) is 0 Å². The molecule has 2 N–H and O–H groups in total. The Balaban J connectivity index is 2.01. The largest absolute Gasteiger partial charge is 0.319 e. The highest BCUT2D eigenvalue weighted by Crippen LogP contribution is 2.20. The number of aromatic amines is 1. The summed E-state index contributed by atoms with van der Waals surface area (Å²) in [5.41, 5.74) is 1.14. The van der Waals surface area contributed by atoms with Gasteiger partial charge in [-0.1, -0.05) is 25.1 Å². The van der Waals surface area contributed by atoms with Crippen molar-refractivity contribution >= 4 is 22.5 Å². The van der Waals surface area contributed by atoms with Crippen molar-refractivity contribution in [3.63, 3.8) is 0 Å². The van der Waals surface area contributed by atoms with E-state index in [4.69, 9.17) is 0 Å². The molecule has 5 nitrogen and oxygen atoms in total. The van der Waals surface area contributed by atoms with Crippen molar-refractivity contribution in [1.29, 1.82) is 0 Å². The number of rotatable bonds is 3. The predicted octanol–water partition coefficient (Wildman–Crippen LogP) is 2.88. The first-order valence-corrected chi connectivity index (χ1v) is 7.16. The van der Waals surface area contributed by atoms with Gasteiger partial charge in [0.25, 0.3) is 11.5 Å². The van der Waals surface area contributed by atoms with E-state index in [0.717, 1.165) is 11.6 Å². The van der Waals surface area contributed by atoms with E-state index in [1.165, 1.54) is 12.4 Å². The summed E-state index contributed by atoms with van der Waals surface area (Å²) in [6.45, 7) is 1.94. The molecule has 0 aliphatic heterocycles. The van der Waals surface area contributed by atoms with Gasteiger partial charge in [-0.25, -0.2) is 9.37 Å². The highest BCUT2D eigenvalue weighted by molar-refractivity contribution is 6.06. The topological polar surface area (TPSA) is 74.8 Å². The molecule has 3 aromatic rings. The molecule has 2 aromatic carbocycles. The Morgan fingerprint density at radius 2 is 2.09 bits per heavy atom. The summed E-state index contributed by atoms with van der Waals surface area (Å²) in [7, 11) is 0. The molecule has 0 radical (unpaired) electrons. The van der Waals surface area contributed by atoms with E-state index < -0.39 is 11.7 Å². The zero-order valence-corrected chi connectivity index (χ0v) is 12.4. The van der Waals surface area contributed by atoms with Gasteiger partial charge in [0.2, 0.25) is 0 Å². The third-order valence-corrected chi connectivity index (χ3v) is 3.62. The Morgan fingerprint density at radius 3 is 2.87 bits per heavy atom. The summed E-state index contributed by atoms with van der Waals surface area (Å²) in [6, 6.07) is 9.55. The summed E-state index contributed by atoms with van der Waals surface area (Å²) < 4.78 is 14.1. The lowest BCUT2D eigenvalue weighted by molar-refractivity contribution is 0.102. The van der Waals surface area contributed by atoms with Gasteiger partial charge in [0.15, 0.2) is 0 Å². The first-order chi connectivity index (χ1) is 11.1. The fourth-order valence-electron chi connectivity index (χ4n) is 2.43. The standard InChI is InChI=1S/C17H14FN3O2/c1-2-10-5-3-4-6-11(10)17(23)21-15-7-12-14(8-13(15)18)19-9-20-16(12)22/h3-9H,2H2,1H3,(H,21,23)(H,19,20,22). The Kier molecular flexibility index (Phi) is 3.89. The molecule has 116 valence electrons. The molecule has 6 heteroatoms. The van der Waals surface area contributed by atoms with Crippen LogP contribution in [0.4, 0.5) is 10.1 Å². The number of fused-ring (bicyclic) bond motifs is 1. The molecule has 0 saturated heterocycles. The number of amides is 1. The number of hydrogen-bond acceptors (Lipinski definition) is 3. The van der Waals surface area contributed by atoms with E-state index in [1.807, 2.05) is 19.1 Å². The van der Waals surface area contributed by atoms with E-state index in [0.29, 0.717) is 12.0 Å². The Morgan fingerprint density at radius 1 is 1.30 bits per heavy atom. The van der Waals surface area contributed by atoms with E-state index in [9.17, 15) is 14.0 Å². The van der Waals surface area contributed by atoms with Crippen molar-refractivity contribution in [2.24, 2.45) is 0 Å². The SMILES string of the molecule is CCc1ccccc1C(=O)Nc1cc2c(=O)[nH]cnc2cc1F. The highest BCUT2D eigenvalue weighted by Gasteiger charge is 2.14. The number of aryl methyl sites for hydroxylation is 1. The lowest BCUT2D eigenvalue weighted by Gasteiger charge is -2.10. The number of carbonyl (C=O) groups is 1. The molecule has 1 aromatic heterocycles. The number of aromatic nitrogens is 2. The van der Waals surface area contributed by atoms with Gasteiger partial charge in [-0.15, -0.1) is 0 Å². The minimum Gasteiger partial charge on any atom is -0.319 e. The normalized spacial score (nSPS) is 10.7. The van der Waals surface area contributed by atoms with Crippen molar-refractivity contribution < 1.29 is 9.18 Å². The van der Waals surface area contributed by atoms with E-state index in [1.54, 1.807) is 12.1 Å². The van der Waals surface area contributed by atoms with Crippen LogP contribution in [0.15, 0.2) is 47.5 Å². The van der Waals surface area contributed by atoms with Gasteiger partial charge in [0.05, 0.1) is 22.9 Å². The Labute approximate surface area is 131 Å². The van der Waals surface area contributed by atoms with E-state index >= 15 is 0 Å². The summed E-state index contributed by atoms with van der Waals surface area (Å²) in [4.78, 5) is 30.5. The number of H-pyrrole nitrogens is 1. The second-order valence-corrected chi connectivity index (χ2v) is 5.05. The van der Waals surface area contributed by atoms with Crippen LogP contribution in [-0.4, -0.2) is 15.9 Å². The average molecular weight is 311 g/mol. The molecule has 0 aliphatic carbocycles. The first-order valence-electron chi connectivity index (χ1n) is 7.16. The second kappa shape index (κ2) is 6.00. The van der Waals surface area contributed by atoms with Gasteiger partial charge in [0, 0.05) is 11.6 Å². The molecule has 3 rings (SSSR count). The van der Waals surface area contributed by atoms with Crippen LogP contribution in [0.2, 0.25) is 0 Å². The first kappa shape index (κ1) is 14.9. The van der Waals surface area contributed by atoms with Crippen LogP contribution in [0.1, 0.15) is 22.8 Å². The molecule has 1 amide bonds. The number of hydrogen-bond donors (Lipinski definition) is 2. The maximum atomic E-state index is 14.1. The third-order valence-electron chi connectivity index (χ3n) is 3.62. The summed E-state index contributed by atoms with van der Waals surface area (Å²) in [5, 5.41) is 2.74. The highest BCUT2D eigenvalue weighted by atomic mass is 19.1. The van der Waals surface area contributed by atoms with Gasteiger partial charge in [-0.05, 0) is 24.1 Å². The minimum atomic E-state index is -0.641. The van der Waals surface area contributed by atoms with Crippen molar-refractivity contribution in [2.75, 3.05) is 5.32 Å². The average Bonchev–Trinajstić information content (AvgIpc) is 2.56. The van der Waals surface area contributed by atoms with Gasteiger partial charge < -0.3 is 10.3 Å². The third kappa shape index (κ3) is 2.83. The molecule has 0 saturated carbocycles. The van der Waals surface area contributed by atoms with Crippen LogP contribution in [0, 0.1) is 5.82 Å². The smallest absolute Gasteiger partial charge is 0.258 e. The number of carbonyl (C=O) groups excluding carboxylic acids is 1. The van der Waals surface area contributed by atoms with Gasteiger partial charge in [0.1, 0.15) is 5.82 Å². The Hall–Kier alpha value is -3.02. The monoisotopic (exact) mass is 311 g/mol. The molecular weight excluding hydrogens is 297 g/mol. The van der Waals surface area contributed by atoms with Crippen molar-refractivity contribution in [1.82, 2.24) is 9.97 Å². The van der Waals surface area contributed by atoms with Crippen LogP contribution in [-0.2, 0) is 6.42 Å².